The van der Waals surface area contributed by atoms with Gasteiger partial charge in [0.05, 0.1) is 11.1 Å². The van der Waals surface area contributed by atoms with Crippen molar-refractivity contribution in [2.75, 3.05) is 13.2 Å². The summed E-state index contributed by atoms with van der Waals surface area (Å²) in [7, 11) is 0. The third kappa shape index (κ3) is 5.13. The van der Waals surface area contributed by atoms with E-state index in [-0.39, 0.29) is 0 Å². The average molecular weight is 368 g/mol. The van der Waals surface area contributed by atoms with Gasteiger partial charge in [-0.05, 0) is 65.0 Å². The van der Waals surface area contributed by atoms with Gasteiger partial charge in [0, 0.05) is 17.3 Å². The second-order valence-electron chi connectivity index (χ2n) is 5.04. The van der Waals surface area contributed by atoms with Crippen molar-refractivity contribution >= 4 is 27.3 Å². The van der Waals surface area contributed by atoms with Crippen molar-refractivity contribution in [2.24, 2.45) is 0 Å². The standard InChI is InChI=1S/C17H22BrNOS/c1-3-9-19-13(2)14-6-7-17(16(18)12-14)20-10-8-15-5-4-11-21-15/h4-7,11-13,19H,3,8-10H2,1-2H3. The molecule has 0 aliphatic rings. The number of nitrogens with one attached hydrogen (secondary N) is 1. The normalized spacial score (nSPS) is 12.3. The average Bonchev–Trinajstić information content (AvgIpc) is 2.99. The van der Waals surface area contributed by atoms with Gasteiger partial charge in [-0.25, -0.2) is 0 Å². The smallest absolute Gasteiger partial charge is 0.133 e. The molecule has 1 N–H and O–H groups in total. The molecule has 1 aromatic heterocycles. The molecule has 21 heavy (non-hydrogen) atoms. The summed E-state index contributed by atoms with van der Waals surface area (Å²) in [6, 6.07) is 10.9. The van der Waals surface area contributed by atoms with Gasteiger partial charge in [-0.1, -0.05) is 19.1 Å². The Balaban J connectivity index is 1.89. The molecule has 2 aromatic rings. The fourth-order valence-corrected chi connectivity index (χ4v) is 3.30. The summed E-state index contributed by atoms with van der Waals surface area (Å²) in [5.74, 6) is 0.915. The summed E-state index contributed by atoms with van der Waals surface area (Å²) in [5, 5.41) is 5.60. The van der Waals surface area contributed by atoms with Crippen LogP contribution in [0.3, 0.4) is 0 Å². The number of hydrogen-bond acceptors (Lipinski definition) is 3. The SMILES string of the molecule is CCCNC(C)c1ccc(OCCc2cccs2)c(Br)c1. The van der Waals surface area contributed by atoms with Crippen LogP contribution in [-0.2, 0) is 6.42 Å². The van der Waals surface area contributed by atoms with Crippen LogP contribution in [0.15, 0.2) is 40.2 Å². The molecule has 1 atom stereocenters. The topological polar surface area (TPSA) is 21.3 Å². The summed E-state index contributed by atoms with van der Waals surface area (Å²) < 4.78 is 6.89. The lowest BCUT2D eigenvalue weighted by Crippen LogP contribution is -2.19. The van der Waals surface area contributed by atoms with Gasteiger partial charge in [0.1, 0.15) is 5.75 Å². The monoisotopic (exact) mass is 367 g/mol. The van der Waals surface area contributed by atoms with Crippen LogP contribution in [0.1, 0.15) is 36.8 Å². The molecule has 0 fully saturated rings. The van der Waals surface area contributed by atoms with Crippen LogP contribution in [0.5, 0.6) is 5.75 Å². The minimum absolute atomic E-state index is 0.362. The van der Waals surface area contributed by atoms with Gasteiger partial charge in [-0.15, -0.1) is 11.3 Å². The van der Waals surface area contributed by atoms with Crippen LogP contribution in [-0.4, -0.2) is 13.2 Å². The lowest BCUT2D eigenvalue weighted by molar-refractivity contribution is 0.321. The molecule has 2 rings (SSSR count). The lowest BCUT2D eigenvalue weighted by atomic mass is 10.1. The van der Waals surface area contributed by atoms with Crippen molar-refractivity contribution in [3.63, 3.8) is 0 Å². The zero-order valence-corrected chi connectivity index (χ0v) is 15.0. The molecule has 0 spiro atoms. The zero-order valence-electron chi connectivity index (χ0n) is 12.6. The Morgan fingerprint density at radius 3 is 2.86 bits per heavy atom. The van der Waals surface area contributed by atoms with Gasteiger partial charge in [-0.3, -0.25) is 0 Å². The molecule has 0 radical (unpaired) electrons. The maximum atomic E-state index is 5.87. The van der Waals surface area contributed by atoms with E-state index in [1.54, 1.807) is 11.3 Å². The van der Waals surface area contributed by atoms with E-state index in [0.29, 0.717) is 12.6 Å². The second-order valence-corrected chi connectivity index (χ2v) is 6.93. The molecule has 0 amide bonds. The van der Waals surface area contributed by atoms with Crippen molar-refractivity contribution in [3.05, 3.63) is 50.6 Å². The van der Waals surface area contributed by atoms with Gasteiger partial charge in [0.15, 0.2) is 0 Å². The van der Waals surface area contributed by atoms with Crippen LogP contribution in [0, 0.1) is 0 Å². The Morgan fingerprint density at radius 1 is 1.33 bits per heavy atom. The summed E-state index contributed by atoms with van der Waals surface area (Å²) in [4.78, 5) is 1.36. The van der Waals surface area contributed by atoms with Gasteiger partial charge in [0.2, 0.25) is 0 Å². The van der Waals surface area contributed by atoms with Gasteiger partial charge in [0.25, 0.3) is 0 Å². The van der Waals surface area contributed by atoms with E-state index in [0.717, 1.165) is 29.6 Å². The Hall–Kier alpha value is -0.840. The number of thiophene rings is 1. The number of halogens is 1. The van der Waals surface area contributed by atoms with E-state index < -0.39 is 0 Å². The summed E-state index contributed by atoms with van der Waals surface area (Å²) in [6.07, 6.45) is 2.11. The molecule has 2 nitrogen and oxygen atoms in total. The van der Waals surface area contributed by atoms with E-state index in [1.807, 2.05) is 0 Å². The highest BCUT2D eigenvalue weighted by Crippen LogP contribution is 2.28. The largest absolute Gasteiger partial charge is 0.492 e. The van der Waals surface area contributed by atoms with E-state index in [9.17, 15) is 0 Å². The molecule has 0 aliphatic carbocycles. The molecule has 4 heteroatoms. The highest BCUT2D eigenvalue weighted by atomic mass is 79.9. The van der Waals surface area contributed by atoms with Crippen molar-refractivity contribution in [2.45, 2.75) is 32.7 Å². The van der Waals surface area contributed by atoms with Crippen molar-refractivity contribution < 1.29 is 4.74 Å². The molecule has 1 unspecified atom stereocenters. The number of benzene rings is 1. The van der Waals surface area contributed by atoms with Crippen molar-refractivity contribution in [1.82, 2.24) is 5.32 Å². The third-order valence-electron chi connectivity index (χ3n) is 3.34. The Labute approximate surface area is 139 Å². The molecular formula is C17H22BrNOS. The first kappa shape index (κ1) is 16.5. The van der Waals surface area contributed by atoms with E-state index >= 15 is 0 Å². The maximum absolute atomic E-state index is 5.87. The molecular weight excluding hydrogens is 346 g/mol. The Bertz CT molecular complexity index is 542. The molecule has 1 heterocycles. The molecule has 0 aliphatic heterocycles. The Kier molecular flexibility index (Phi) is 6.74. The summed E-state index contributed by atoms with van der Waals surface area (Å²) in [6.45, 7) is 6.12. The zero-order chi connectivity index (χ0) is 15.1. The maximum Gasteiger partial charge on any atom is 0.133 e. The van der Waals surface area contributed by atoms with Crippen LogP contribution in [0.25, 0.3) is 0 Å². The van der Waals surface area contributed by atoms with Gasteiger partial charge >= 0.3 is 0 Å². The molecule has 114 valence electrons. The predicted octanol–water partition coefficient (Wildman–Crippen LogP) is 5.19. The van der Waals surface area contributed by atoms with Crippen LogP contribution < -0.4 is 10.1 Å². The number of hydrogen-bond donors (Lipinski definition) is 1. The fraction of sp³-hybridized carbons (Fsp3) is 0.412. The van der Waals surface area contributed by atoms with E-state index in [1.165, 1.54) is 10.4 Å². The number of ether oxygens (including phenoxy) is 1. The molecule has 0 saturated heterocycles. The first-order chi connectivity index (χ1) is 10.2. The van der Waals surface area contributed by atoms with Crippen molar-refractivity contribution in [3.8, 4) is 5.75 Å². The van der Waals surface area contributed by atoms with Crippen LogP contribution in [0.2, 0.25) is 0 Å². The Morgan fingerprint density at radius 2 is 2.19 bits per heavy atom. The van der Waals surface area contributed by atoms with E-state index in [2.05, 4.69) is 70.8 Å². The van der Waals surface area contributed by atoms with Crippen LogP contribution >= 0.6 is 27.3 Å². The summed E-state index contributed by atoms with van der Waals surface area (Å²) >= 11 is 5.39. The fourth-order valence-electron chi connectivity index (χ4n) is 2.10. The minimum atomic E-state index is 0.362. The highest BCUT2D eigenvalue weighted by Gasteiger charge is 2.08. The summed E-state index contributed by atoms with van der Waals surface area (Å²) in [5.41, 5.74) is 1.28. The van der Waals surface area contributed by atoms with E-state index in [4.69, 9.17) is 4.74 Å². The molecule has 0 bridgehead atoms. The van der Waals surface area contributed by atoms with Gasteiger partial charge in [-0.2, -0.15) is 0 Å². The first-order valence-electron chi connectivity index (χ1n) is 7.38. The lowest BCUT2D eigenvalue weighted by Gasteiger charge is -2.15. The molecule has 1 aromatic carbocycles. The highest BCUT2D eigenvalue weighted by molar-refractivity contribution is 9.10. The predicted molar refractivity (Wildman–Crippen MR) is 94.4 cm³/mol. The van der Waals surface area contributed by atoms with Crippen molar-refractivity contribution in [1.29, 1.82) is 0 Å². The third-order valence-corrected chi connectivity index (χ3v) is 4.90. The first-order valence-corrected chi connectivity index (χ1v) is 9.06. The molecule has 0 saturated carbocycles. The van der Waals surface area contributed by atoms with Crippen LogP contribution in [0.4, 0.5) is 0 Å². The van der Waals surface area contributed by atoms with Gasteiger partial charge < -0.3 is 10.1 Å². The minimum Gasteiger partial charge on any atom is -0.492 e. The quantitative estimate of drug-likeness (QED) is 0.692. The number of rotatable bonds is 8. The second kappa shape index (κ2) is 8.57.